The molecule has 0 aliphatic carbocycles. The van der Waals surface area contributed by atoms with Crippen molar-refractivity contribution >= 4 is 17.5 Å². The van der Waals surface area contributed by atoms with E-state index in [0.29, 0.717) is 11.3 Å². The number of carboxylic acid groups (broad SMARTS) is 1. The van der Waals surface area contributed by atoms with Crippen LogP contribution < -0.4 is 11.5 Å². The Morgan fingerprint density at radius 3 is 2.53 bits per heavy atom. The highest BCUT2D eigenvalue weighted by atomic mass is 16.4. The van der Waals surface area contributed by atoms with Crippen molar-refractivity contribution in [1.82, 2.24) is 4.98 Å². The van der Waals surface area contributed by atoms with Crippen molar-refractivity contribution in [3.05, 3.63) is 42.1 Å². The van der Waals surface area contributed by atoms with Crippen molar-refractivity contribution < 1.29 is 9.90 Å². The van der Waals surface area contributed by atoms with Crippen molar-refractivity contribution in [3.63, 3.8) is 0 Å². The minimum Gasteiger partial charge on any atom is -0.477 e. The Balaban J connectivity index is 2.50. The molecule has 5 N–H and O–H groups in total. The molecule has 0 unspecified atom stereocenters. The van der Waals surface area contributed by atoms with E-state index in [1.165, 1.54) is 6.07 Å². The largest absolute Gasteiger partial charge is 0.477 e. The van der Waals surface area contributed by atoms with Crippen LogP contribution in [-0.2, 0) is 0 Å². The second kappa shape index (κ2) is 4.13. The first kappa shape index (κ1) is 10.9. The van der Waals surface area contributed by atoms with Gasteiger partial charge >= 0.3 is 5.97 Å². The zero-order valence-electron chi connectivity index (χ0n) is 8.92. The molecule has 1 heterocycles. The van der Waals surface area contributed by atoms with Gasteiger partial charge in [0, 0.05) is 11.3 Å². The number of benzene rings is 1. The molecule has 0 aliphatic heterocycles. The fourth-order valence-electron chi connectivity index (χ4n) is 1.54. The van der Waals surface area contributed by atoms with Gasteiger partial charge in [0.05, 0.1) is 0 Å². The molecule has 1 aromatic heterocycles. The molecule has 0 radical (unpaired) electrons. The second-order valence-corrected chi connectivity index (χ2v) is 3.56. The molecule has 0 saturated carbocycles. The lowest BCUT2D eigenvalue weighted by molar-refractivity contribution is 0.0690. The van der Waals surface area contributed by atoms with E-state index in [9.17, 15) is 4.79 Å². The van der Waals surface area contributed by atoms with Gasteiger partial charge in [-0.2, -0.15) is 0 Å². The predicted octanol–water partition coefficient (Wildman–Crippen LogP) is 1.61. The van der Waals surface area contributed by atoms with Crippen LogP contribution in [0.4, 0.5) is 11.5 Å². The van der Waals surface area contributed by atoms with Crippen LogP contribution in [0, 0.1) is 0 Å². The molecular formula is C12H11N3O2. The number of nitrogens with two attached hydrogens (primary N) is 2. The smallest absolute Gasteiger partial charge is 0.354 e. The van der Waals surface area contributed by atoms with Gasteiger partial charge < -0.3 is 16.6 Å². The third kappa shape index (κ3) is 2.17. The number of hydrogen-bond donors (Lipinski definition) is 3. The Morgan fingerprint density at radius 2 is 1.94 bits per heavy atom. The number of rotatable bonds is 2. The molecule has 86 valence electrons. The van der Waals surface area contributed by atoms with Gasteiger partial charge in [-0.15, -0.1) is 0 Å². The van der Waals surface area contributed by atoms with Crippen molar-refractivity contribution in [1.29, 1.82) is 0 Å². The fraction of sp³-hybridized carbons (Fsp3) is 0. The zero-order valence-corrected chi connectivity index (χ0v) is 8.92. The van der Waals surface area contributed by atoms with Crippen molar-refractivity contribution in [2.75, 3.05) is 11.5 Å². The summed E-state index contributed by atoms with van der Waals surface area (Å²) in [6.45, 7) is 0. The van der Waals surface area contributed by atoms with Crippen molar-refractivity contribution in [3.8, 4) is 11.1 Å². The maximum Gasteiger partial charge on any atom is 0.354 e. The van der Waals surface area contributed by atoms with Crippen LogP contribution in [0.25, 0.3) is 11.1 Å². The number of carbonyl (C=O) groups is 1. The van der Waals surface area contributed by atoms with Gasteiger partial charge in [-0.1, -0.05) is 12.1 Å². The molecule has 0 aliphatic rings. The predicted molar refractivity (Wildman–Crippen MR) is 65.5 cm³/mol. The average Bonchev–Trinajstić information content (AvgIpc) is 2.28. The van der Waals surface area contributed by atoms with Gasteiger partial charge in [0.25, 0.3) is 0 Å². The van der Waals surface area contributed by atoms with E-state index in [1.54, 1.807) is 24.3 Å². The Labute approximate surface area is 97.7 Å². The summed E-state index contributed by atoms with van der Waals surface area (Å²) in [7, 11) is 0. The molecule has 0 fully saturated rings. The lowest BCUT2D eigenvalue weighted by Gasteiger charge is -2.06. The highest BCUT2D eigenvalue weighted by Crippen LogP contribution is 2.26. The van der Waals surface area contributed by atoms with Gasteiger partial charge in [-0.05, 0) is 29.8 Å². The monoisotopic (exact) mass is 229 g/mol. The SMILES string of the molecule is Nc1cccc(-c2ccc(C(=O)O)nc2N)c1. The van der Waals surface area contributed by atoms with Crippen molar-refractivity contribution in [2.45, 2.75) is 0 Å². The summed E-state index contributed by atoms with van der Waals surface area (Å²) in [6, 6.07) is 10.2. The van der Waals surface area contributed by atoms with Gasteiger partial charge in [-0.3, -0.25) is 0 Å². The van der Waals surface area contributed by atoms with E-state index in [0.717, 1.165) is 5.56 Å². The van der Waals surface area contributed by atoms with Gasteiger partial charge in [0.2, 0.25) is 0 Å². The van der Waals surface area contributed by atoms with Crippen molar-refractivity contribution in [2.24, 2.45) is 0 Å². The van der Waals surface area contributed by atoms with Crippen LogP contribution in [0.15, 0.2) is 36.4 Å². The molecule has 1 aromatic carbocycles. The van der Waals surface area contributed by atoms with E-state index in [-0.39, 0.29) is 11.5 Å². The molecular weight excluding hydrogens is 218 g/mol. The summed E-state index contributed by atoms with van der Waals surface area (Å²) >= 11 is 0. The quantitative estimate of drug-likeness (QED) is 0.679. The minimum absolute atomic E-state index is 0.0739. The van der Waals surface area contributed by atoms with Crippen LogP contribution in [0.5, 0.6) is 0 Å². The lowest BCUT2D eigenvalue weighted by atomic mass is 10.1. The number of carboxylic acids is 1. The summed E-state index contributed by atoms with van der Waals surface area (Å²) < 4.78 is 0. The number of pyridine rings is 1. The normalized spacial score (nSPS) is 10.1. The van der Waals surface area contributed by atoms with E-state index in [4.69, 9.17) is 16.6 Å². The molecule has 17 heavy (non-hydrogen) atoms. The summed E-state index contributed by atoms with van der Waals surface area (Å²) in [5, 5.41) is 8.78. The third-order valence-corrected chi connectivity index (χ3v) is 2.34. The summed E-state index contributed by atoms with van der Waals surface area (Å²) in [6.07, 6.45) is 0. The zero-order chi connectivity index (χ0) is 12.4. The van der Waals surface area contributed by atoms with Crippen LogP contribution in [0.3, 0.4) is 0 Å². The number of anilines is 2. The number of aromatic carboxylic acids is 1. The molecule has 2 aromatic rings. The number of nitrogens with zero attached hydrogens (tertiary/aromatic N) is 1. The van der Waals surface area contributed by atoms with Gasteiger partial charge in [-0.25, -0.2) is 9.78 Å². The number of nitrogen functional groups attached to an aromatic ring is 2. The lowest BCUT2D eigenvalue weighted by Crippen LogP contribution is -2.04. The minimum atomic E-state index is -1.10. The Kier molecular flexibility index (Phi) is 2.66. The molecule has 0 saturated heterocycles. The van der Waals surface area contributed by atoms with Crippen LogP contribution in [-0.4, -0.2) is 16.1 Å². The summed E-state index contributed by atoms with van der Waals surface area (Å²) in [5.41, 5.74) is 13.4. The molecule has 2 rings (SSSR count). The highest BCUT2D eigenvalue weighted by molar-refractivity contribution is 5.87. The molecule has 5 heteroatoms. The maximum atomic E-state index is 10.7. The summed E-state index contributed by atoms with van der Waals surface area (Å²) in [4.78, 5) is 14.5. The van der Waals surface area contributed by atoms with Gasteiger partial charge in [0.15, 0.2) is 5.69 Å². The van der Waals surface area contributed by atoms with E-state index >= 15 is 0 Å². The molecule has 0 bridgehead atoms. The maximum absolute atomic E-state index is 10.7. The van der Waals surface area contributed by atoms with E-state index < -0.39 is 5.97 Å². The van der Waals surface area contributed by atoms with Crippen LogP contribution in [0.1, 0.15) is 10.5 Å². The van der Waals surface area contributed by atoms with Gasteiger partial charge in [0.1, 0.15) is 5.82 Å². The highest BCUT2D eigenvalue weighted by Gasteiger charge is 2.09. The second-order valence-electron chi connectivity index (χ2n) is 3.56. The first-order chi connectivity index (χ1) is 8.08. The Hall–Kier alpha value is -2.56. The molecule has 5 nitrogen and oxygen atoms in total. The summed E-state index contributed by atoms with van der Waals surface area (Å²) in [5.74, 6) is -0.925. The Bertz CT molecular complexity index is 582. The van der Waals surface area contributed by atoms with Crippen LogP contribution >= 0.6 is 0 Å². The van der Waals surface area contributed by atoms with E-state index in [2.05, 4.69) is 4.98 Å². The fourth-order valence-corrected chi connectivity index (χ4v) is 1.54. The van der Waals surface area contributed by atoms with Crippen LogP contribution in [0.2, 0.25) is 0 Å². The number of aromatic nitrogens is 1. The average molecular weight is 229 g/mol. The number of hydrogen-bond acceptors (Lipinski definition) is 4. The topological polar surface area (TPSA) is 102 Å². The standard InChI is InChI=1S/C12H11N3O2/c13-8-3-1-2-7(6-8)9-4-5-10(12(16)17)15-11(9)14/h1-6H,13H2,(H2,14,15)(H,16,17). The first-order valence-corrected chi connectivity index (χ1v) is 4.93. The first-order valence-electron chi connectivity index (χ1n) is 4.93. The third-order valence-electron chi connectivity index (χ3n) is 2.34. The molecule has 0 amide bonds. The molecule has 0 atom stereocenters. The molecule has 0 spiro atoms. The van der Waals surface area contributed by atoms with E-state index in [1.807, 2.05) is 6.07 Å². The Morgan fingerprint density at radius 1 is 1.18 bits per heavy atom.